The lowest BCUT2D eigenvalue weighted by atomic mass is 9.95. The van der Waals surface area contributed by atoms with Gasteiger partial charge in [0, 0.05) is 30.6 Å². The average Bonchev–Trinajstić information content (AvgIpc) is 2.56. The monoisotopic (exact) mass is 368 g/mol. The summed E-state index contributed by atoms with van der Waals surface area (Å²) in [6, 6.07) is 7.72. The highest BCUT2D eigenvalue weighted by atomic mass is 35.5. The van der Waals surface area contributed by atoms with Crippen molar-refractivity contribution in [1.29, 1.82) is 0 Å². The minimum atomic E-state index is -0.280. The molecule has 0 bridgehead atoms. The predicted octanol–water partition coefficient (Wildman–Crippen LogP) is 4.42. The lowest BCUT2D eigenvalue weighted by Gasteiger charge is -2.23. The van der Waals surface area contributed by atoms with E-state index in [1.807, 2.05) is 12.1 Å². The number of thiol groups is 1. The van der Waals surface area contributed by atoms with Crippen molar-refractivity contribution in [2.75, 3.05) is 6.54 Å². The molecule has 1 N–H and O–H groups in total. The molecule has 0 aliphatic heterocycles. The van der Waals surface area contributed by atoms with Crippen molar-refractivity contribution in [1.82, 2.24) is 10.2 Å². The van der Waals surface area contributed by atoms with Crippen molar-refractivity contribution in [2.24, 2.45) is 0 Å². The minimum absolute atomic E-state index is 0.0833. The first-order chi connectivity index (χ1) is 11.5. The van der Waals surface area contributed by atoms with Crippen molar-refractivity contribution in [3.63, 3.8) is 0 Å². The number of nitrogens with zero attached hydrogens (tertiary/aromatic N) is 1. The Hall–Kier alpha value is -1.20. The van der Waals surface area contributed by atoms with Gasteiger partial charge < -0.3 is 10.2 Å². The molecule has 6 heteroatoms. The molecular formula is C18H25ClN2O2S. The summed E-state index contributed by atoms with van der Waals surface area (Å²) in [5.74, 6) is 0.0833. The van der Waals surface area contributed by atoms with Crippen molar-refractivity contribution in [2.45, 2.75) is 57.5 Å². The topological polar surface area (TPSA) is 49.4 Å². The van der Waals surface area contributed by atoms with Crippen LogP contribution in [0.1, 0.15) is 50.5 Å². The first-order valence-electron chi connectivity index (χ1n) is 8.56. The maximum absolute atomic E-state index is 12.0. The van der Waals surface area contributed by atoms with E-state index in [4.69, 9.17) is 11.6 Å². The fourth-order valence-corrected chi connectivity index (χ4v) is 3.33. The molecule has 0 spiro atoms. The summed E-state index contributed by atoms with van der Waals surface area (Å²) in [6.45, 7) is 0.993. The predicted molar refractivity (Wildman–Crippen MR) is 100 cm³/mol. The molecule has 1 aromatic rings. The van der Waals surface area contributed by atoms with Crippen molar-refractivity contribution < 1.29 is 9.59 Å². The van der Waals surface area contributed by atoms with E-state index in [-0.39, 0.29) is 11.1 Å². The number of rotatable bonds is 7. The number of hydrogen-bond acceptors (Lipinski definition) is 2. The Morgan fingerprint density at radius 3 is 2.46 bits per heavy atom. The van der Waals surface area contributed by atoms with Gasteiger partial charge in [0.15, 0.2) is 0 Å². The number of benzene rings is 1. The molecule has 0 heterocycles. The van der Waals surface area contributed by atoms with Gasteiger partial charge in [-0.25, -0.2) is 0 Å². The van der Waals surface area contributed by atoms with Gasteiger partial charge in [0.25, 0.3) is 5.24 Å². The van der Waals surface area contributed by atoms with Gasteiger partial charge in [-0.2, -0.15) is 0 Å². The van der Waals surface area contributed by atoms with Crippen LogP contribution in [0.3, 0.4) is 0 Å². The Kier molecular flexibility index (Phi) is 7.92. The highest BCUT2D eigenvalue weighted by Crippen LogP contribution is 2.17. The van der Waals surface area contributed by atoms with Crippen molar-refractivity contribution >= 4 is 35.4 Å². The smallest absolute Gasteiger partial charge is 0.278 e. The maximum Gasteiger partial charge on any atom is 0.278 e. The minimum Gasteiger partial charge on any atom is -0.353 e. The largest absolute Gasteiger partial charge is 0.353 e. The third-order valence-electron chi connectivity index (χ3n) is 4.36. The summed E-state index contributed by atoms with van der Waals surface area (Å²) in [5, 5.41) is 3.49. The van der Waals surface area contributed by atoms with Gasteiger partial charge in [0.05, 0.1) is 0 Å². The normalized spacial score (nSPS) is 15.1. The lowest BCUT2D eigenvalue weighted by molar-refractivity contribution is -0.122. The SMILES string of the molecule is O=C(CCCN(Cc1ccc(Cl)cc1)C(=O)S)NC1CCCCC1. The number of carbonyl (C=O) groups is 2. The van der Waals surface area contributed by atoms with E-state index in [2.05, 4.69) is 17.9 Å². The van der Waals surface area contributed by atoms with Gasteiger partial charge in [-0.3, -0.25) is 9.59 Å². The molecule has 0 unspecified atom stereocenters. The molecule has 0 saturated heterocycles. The summed E-state index contributed by atoms with van der Waals surface area (Å²) in [6.07, 6.45) is 6.93. The van der Waals surface area contributed by atoms with Gasteiger partial charge in [-0.1, -0.05) is 55.6 Å². The molecule has 1 aromatic carbocycles. The third-order valence-corrected chi connectivity index (χ3v) is 4.89. The van der Waals surface area contributed by atoms with E-state index in [9.17, 15) is 9.59 Å². The van der Waals surface area contributed by atoms with Gasteiger partial charge in [-0.15, -0.1) is 0 Å². The van der Waals surface area contributed by atoms with E-state index < -0.39 is 0 Å². The Morgan fingerprint density at radius 1 is 1.17 bits per heavy atom. The molecule has 1 fully saturated rings. The fraction of sp³-hybridized carbons (Fsp3) is 0.556. The number of carbonyl (C=O) groups excluding carboxylic acids is 2. The highest BCUT2D eigenvalue weighted by Gasteiger charge is 2.16. The molecule has 132 valence electrons. The Morgan fingerprint density at radius 2 is 1.83 bits per heavy atom. The molecule has 0 radical (unpaired) electrons. The van der Waals surface area contributed by atoms with E-state index in [0.29, 0.717) is 37.0 Å². The van der Waals surface area contributed by atoms with Gasteiger partial charge in [0.1, 0.15) is 0 Å². The molecule has 2 amide bonds. The van der Waals surface area contributed by atoms with E-state index in [1.165, 1.54) is 19.3 Å². The van der Waals surface area contributed by atoms with Crippen LogP contribution in [0, 0.1) is 0 Å². The van der Waals surface area contributed by atoms with Crippen molar-refractivity contribution in [3.05, 3.63) is 34.9 Å². The molecular weight excluding hydrogens is 344 g/mol. The molecule has 0 aromatic heterocycles. The van der Waals surface area contributed by atoms with Crippen LogP contribution in [-0.4, -0.2) is 28.6 Å². The Balaban J connectivity index is 1.73. The summed E-state index contributed by atoms with van der Waals surface area (Å²) in [7, 11) is 0. The van der Waals surface area contributed by atoms with E-state index in [1.54, 1.807) is 17.0 Å². The molecule has 2 rings (SSSR count). The summed E-state index contributed by atoms with van der Waals surface area (Å²) < 4.78 is 0. The zero-order valence-corrected chi connectivity index (χ0v) is 15.5. The highest BCUT2D eigenvalue weighted by molar-refractivity contribution is 7.96. The van der Waals surface area contributed by atoms with Crippen LogP contribution in [0.4, 0.5) is 4.79 Å². The van der Waals surface area contributed by atoms with Gasteiger partial charge >= 0.3 is 0 Å². The fourth-order valence-electron chi connectivity index (χ4n) is 3.03. The molecule has 1 saturated carbocycles. The molecule has 24 heavy (non-hydrogen) atoms. The summed E-state index contributed by atoms with van der Waals surface area (Å²) in [4.78, 5) is 25.3. The van der Waals surface area contributed by atoms with Gasteiger partial charge in [0.2, 0.25) is 5.91 Å². The van der Waals surface area contributed by atoms with Crippen LogP contribution in [0.5, 0.6) is 0 Å². The first-order valence-corrected chi connectivity index (χ1v) is 9.39. The zero-order chi connectivity index (χ0) is 17.4. The number of hydrogen-bond donors (Lipinski definition) is 2. The van der Waals surface area contributed by atoms with Crippen LogP contribution in [0.15, 0.2) is 24.3 Å². The third kappa shape index (κ3) is 6.73. The molecule has 1 aliphatic carbocycles. The first kappa shape index (κ1) is 19.1. The van der Waals surface area contributed by atoms with Crippen LogP contribution < -0.4 is 5.32 Å². The zero-order valence-electron chi connectivity index (χ0n) is 13.8. The second-order valence-electron chi connectivity index (χ2n) is 6.34. The standard InChI is InChI=1S/C18H25ClN2O2S/c19-15-10-8-14(9-11-15)13-21(18(23)24)12-4-7-17(22)20-16-5-2-1-3-6-16/h8-11,16H,1-7,12-13H2,(H,20,22)(H,23,24). The molecule has 0 atom stereocenters. The summed E-state index contributed by atoms with van der Waals surface area (Å²) in [5.41, 5.74) is 0.994. The van der Waals surface area contributed by atoms with Crippen LogP contribution >= 0.6 is 24.2 Å². The molecule has 1 aliphatic rings. The second kappa shape index (κ2) is 9.94. The Labute approximate surface area is 154 Å². The Bertz CT molecular complexity index is 544. The number of halogens is 1. The maximum atomic E-state index is 12.0. The van der Waals surface area contributed by atoms with Crippen LogP contribution in [-0.2, 0) is 11.3 Å². The summed E-state index contributed by atoms with van der Waals surface area (Å²) >= 11 is 9.80. The van der Waals surface area contributed by atoms with Crippen LogP contribution in [0.25, 0.3) is 0 Å². The van der Waals surface area contributed by atoms with E-state index >= 15 is 0 Å². The average molecular weight is 369 g/mol. The second-order valence-corrected chi connectivity index (χ2v) is 7.16. The number of nitrogens with one attached hydrogen (secondary N) is 1. The van der Waals surface area contributed by atoms with E-state index in [0.717, 1.165) is 18.4 Å². The quantitative estimate of drug-likeness (QED) is 0.700. The van der Waals surface area contributed by atoms with Crippen LogP contribution in [0.2, 0.25) is 5.02 Å². The lowest BCUT2D eigenvalue weighted by Crippen LogP contribution is -2.36. The van der Waals surface area contributed by atoms with Crippen molar-refractivity contribution in [3.8, 4) is 0 Å². The molecule has 4 nitrogen and oxygen atoms in total. The number of amides is 2. The van der Waals surface area contributed by atoms with Gasteiger partial charge in [-0.05, 0) is 37.0 Å².